The van der Waals surface area contributed by atoms with Crippen molar-refractivity contribution in [2.75, 3.05) is 75.9 Å². The molecule has 2 aromatic rings. The zero-order chi connectivity index (χ0) is 62.0. The number of aliphatic hydroxyl groups excluding tert-OH is 2. The normalized spacial score (nSPS) is 30.2. The molecule has 2 aromatic carbocycles. The number of phenolic OH excluding ortho intramolecular Hbond substituents is 1. The van der Waals surface area contributed by atoms with E-state index in [0.29, 0.717) is 56.4 Å². The van der Waals surface area contributed by atoms with Crippen LogP contribution in [0.4, 0.5) is 20.6 Å². The standard InChI is InChI=1S/C46H62N4O11.C16H20FN3O4/c1-22(2)21-50-18-16-46(17-19-50)48-34-31-32-39(54)28(8)42-33(31)43(56)45(10,61-42)59-20-15-30(58-11)25(5)41(60-29(9)51)27(7)38(53)26(6)37(52)23(3)13-12-14-24(4)44(57)47-36(40(32)55)35(34)49-46;1-11(21)18-9-13-10-20(16(22)24-13)12-2-3-15(14(17)8-12)19-4-6-23-7-5-19/h12-15,20,22-23,25-27,30,37-38,41,49,52-54H,16-19,21H2,1-11H3,(H,47,57);2-3,8,13H,4-7,9-10H2,1H3,(H,18,21)/b13-12-,20-15-,24-14-;/t23-,25-,26+,27+,30-,37-,38+,41-,45+;13-/m10/s1. The summed E-state index contributed by atoms with van der Waals surface area (Å²) < 4.78 is 48.9. The molecule has 23 heteroatoms. The lowest BCUT2D eigenvalue weighted by Gasteiger charge is -2.38. The summed E-state index contributed by atoms with van der Waals surface area (Å²) in [5, 5.41) is 43.7. The van der Waals surface area contributed by atoms with E-state index >= 15 is 0 Å². The summed E-state index contributed by atoms with van der Waals surface area (Å²) >= 11 is 0. The van der Waals surface area contributed by atoms with Gasteiger partial charge in [0.15, 0.2) is 0 Å². The molecule has 0 saturated carbocycles. The summed E-state index contributed by atoms with van der Waals surface area (Å²) in [4.78, 5) is 89.5. The molecule has 5 bridgehead atoms. The van der Waals surface area contributed by atoms with E-state index in [1.165, 1.54) is 52.0 Å². The quantitative estimate of drug-likeness (QED) is 0.172. The number of rotatable bonds is 8. The first-order valence-corrected chi connectivity index (χ1v) is 29.1. The first kappa shape index (κ1) is 63.8. The van der Waals surface area contributed by atoms with Crippen molar-refractivity contribution in [3.63, 3.8) is 0 Å². The second kappa shape index (κ2) is 26.2. The number of cyclic esters (lactones) is 1. The summed E-state index contributed by atoms with van der Waals surface area (Å²) in [6, 6.07) is 4.72. The van der Waals surface area contributed by atoms with Crippen LogP contribution in [0.3, 0.4) is 0 Å². The third-order valence-corrected chi connectivity index (χ3v) is 17.0. The van der Waals surface area contributed by atoms with Gasteiger partial charge in [-0.1, -0.05) is 59.8 Å². The van der Waals surface area contributed by atoms with Gasteiger partial charge in [-0.15, -0.1) is 0 Å². The number of nitrogens with one attached hydrogen (secondary N) is 3. The highest BCUT2D eigenvalue weighted by Crippen LogP contribution is 2.50. The number of carbonyl (C=O) groups excluding carboxylic acids is 6. The predicted octanol–water partition coefficient (Wildman–Crippen LogP) is 5.74. The Morgan fingerprint density at radius 3 is 2.26 bits per heavy atom. The lowest BCUT2D eigenvalue weighted by atomic mass is 9.78. The Labute approximate surface area is 495 Å². The van der Waals surface area contributed by atoms with Gasteiger partial charge in [0.05, 0.1) is 84.8 Å². The molecule has 0 radical (unpaired) electrons. The molecule has 3 saturated heterocycles. The second-order valence-corrected chi connectivity index (χ2v) is 23.8. The number of esters is 1. The molecule has 7 aliphatic rings. The van der Waals surface area contributed by atoms with E-state index < -0.39 is 101 Å². The summed E-state index contributed by atoms with van der Waals surface area (Å²) in [5.74, 6) is -7.35. The van der Waals surface area contributed by atoms with Gasteiger partial charge in [-0.3, -0.25) is 33.9 Å². The first-order chi connectivity index (χ1) is 40.2. The Morgan fingerprint density at radius 2 is 1.62 bits per heavy atom. The van der Waals surface area contributed by atoms with Crippen molar-refractivity contribution in [2.24, 2.45) is 34.6 Å². The van der Waals surface area contributed by atoms with Gasteiger partial charge in [0, 0.05) is 114 Å². The maximum absolute atomic E-state index is 14.7. The van der Waals surface area contributed by atoms with Gasteiger partial charge in [-0.05, 0) is 44.0 Å². The molecule has 1 spiro atoms. The number of nitrogens with zero attached hydrogens (tertiary/aromatic N) is 4. The molecular weight excluding hydrogens is 1100 g/mol. The van der Waals surface area contributed by atoms with Crippen LogP contribution in [-0.4, -0.2) is 169 Å². The van der Waals surface area contributed by atoms with Gasteiger partial charge in [0.2, 0.25) is 11.7 Å². The van der Waals surface area contributed by atoms with Gasteiger partial charge in [-0.2, -0.15) is 0 Å². The fourth-order valence-electron chi connectivity index (χ4n) is 12.1. The molecule has 22 nitrogen and oxygen atoms in total. The fourth-order valence-corrected chi connectivity index (χ4v) is 12.1. The number of aromatic hydroxyl groups is 1. The number of methoxy groups -OCH3 is 1. The minimum absolute atomic E-state index is 0.0164. The largest absolute Gasteiger partial charge is 0.507 e. The van der Waals surface area contributed by atoms with Crippen LogP contribution in [0.2, 0.25) is 0 Å². The molecular formula is C62H82FN7O15. The van der Waals surface area contributed by atoms with E-state index in [2.05, 4.69) is 34.7 Å². The van der Waals surface area contributed by atoms with Crippen LogP contribution in [0, 0.1) is 42.3 Å². The number of allylic oxidation sites excluding steroid dienone is 4. The van der Waals surface area contributed by atoms with E-state index in [9.17, 15) is 48.5 Å². The van der Waals surface area contributed by atoms with Crippen molar-refractivity contribution < 1.29 is 76.9 Å². The van der Waals surface area contributed by atoms with Gasteiger partial charge in [-0.25, -0.2) is 9.18 Å². The average molecular weight is 1180 g/mol. The highest BCUT2D eigenvalue weighted by atomic mass is 19.1. The SMILES string of the molecule is CC(=O)NC[C@H]1CN(c2ccc(N3CCOCC3)c(F)c2)C(=O)O1.CO[C@@H]1/C=C\O[C@@]2(C)Oc3c(C)c(O)c4c(c3C2=O)C2=NC3(CCN(CC(C)C)CC3)NC2=C(NC(=O)/C(C)=C\C=C/[C@@H](C)[C@@H](O)[C@H](C)[C@H](O)[C@H](C)[C@H](OC(C)=O)[C@@H]1C)C4=O. The number of hydrogen-bond donors (Lipinski definition) is 6. The van der Waals surface area contributed by atoms with Gasteiger partial charge in [0.1, 0.15) is 40.9 Å². The molecule has 85 heavy (non-hydrogen) atoms. The number of carbonyl (C=O) groups is 6. The lowest BCUT2D eigenvalue weighted by molar-refractivity contribution is -0.160. The number of benzene rings is 2. The zero-order valence-corrected chi connectivity index (χ0v) is 50.6. The maximum atomic E-state index is 14.7. The number of halogens is 1. The number of piperidine rings is 1. The van der Waals surface area contributed by atoms with Crippen LogP contribution in [0.5, 0.6) is 11.5 Å². The van der Waals surface area contributed by atoms with Gasteiger partial charge in [0.25, 0.3) is 11.7 Å². The molecule has 6 N–H and O–H groups in total. The number of fused-ring (bicyclic) bond motifs is 3. The van der Waals surface area contributed by atoms with Crippen LogP contribution in [-0.2, 0) is 38.1 Å². The average Bonchev–Trinajstić information content (AvgIpc) is 1.60. The number of ether oxygens (including phenoxy) is 6. The van der Waals surface area contributed by atoms with E-state index in [4.69, 9.17) is 33.4 Å². The molecule has 3 fully saturated rings. The Kier molecular flexibility index (Phi) is 19.7. The Bertz CT molecular complexity index is 3090. The van der Waals surface area contributed by atoms with Crippen LogP contribution in [0.15, 0.2) is 70.7 Å². The number of phenols is 1. The van der Waals surface area contributed by atoms with E-state index in [-0.39, 0.29) is 75.5 Å². The number of ketones is 2. The van der Waals surface area contributed by atoms with Crippen LogP contribution in [0.25, 0.3) is 0 Å². The number of aliphatic hydroxyl groups is 2. The smallest absolute Gasteiger partial charge is 0.414 e. The van der Waals surface area contributed by atoms with E-state index in [0.717, 1.165) is 19.6 Å². The number of anilines is 2. The lowest BCUT2D eigenvalue weighted by Crippen LogP contribution is -2.50. The summed E-state index contributed by atoms with van der Waals surface area (Å²) in [5.41, 5.74) is 0.757. The molecule has 0 unspecified atom stereocenters. The molecule has 1 aliphatic carbocycles. The second-order valence-electron chi connectivity index (χ2n) is 23.8. The highest BCUT2D eigenvalue weighted by Gasteiger charge is 2.55. The molecule has 10 atom stereocenters. The van der Waals surface area contributed by atoms with Crippen molar-refractivity contribution in [1.29, 1.82) is 0 Å². The minimum Gasteiger partial charge on any atom is -0.507 e. The number of aliphatic imine (C=N–C) groups is 1. The summed E-state index contributed by atoms with van der Waals surface area (Å²) in [6.07, 6.45) is 4.08. The molecule has 0 aromatic heterocycles. The maximum Gasteiger partial charge on any atom is 0.414 e. The first-order valence-electron chi connectivity index (χ1n) is 29.1. The molecule has 462 valence electrons. The Hall–Kier alpha value is -7.18. The predicted molar refractivity (Wildman–Crippen MR) is 312 cm³/mol. The minimum atomic E-state index is -1.97. The summed E-state index contributed by atoms with van der Waals surface area (Å²) in [6.45, 7) is 23.8. The summed E-state index contributed by atoms with van der Waals surface area (Å²) in [7, 11) is 1.46. The van der Waals surface area contributed by atoms with Crippen molar-refractivity contribution in [3.8, 4) is 11.5 Å². The molecule has 9 rings (SSSR count). The monoisotopic (exact) mass is 1180 g/mol. The zero-order valence-electron chi connectivity index (χ0n) is 50.6. The number of morpholine rings is 1. The number of likely N-dealkylation sites (tertiary alicyclic amines) is 1. The van der Waals surface area contributed by atoms with Crippen LogP contribution < -0.4 is 30.5 Å². The highest BCUT2D eigenvalue weighted by molar-refractivity contribution is 6.34. The van der Waals surface area contributed by atoms with Crippen molar-refractivity contribution in [1.82, 2.24) is 20.9 Å². The third-order valence-electron chi connectivity index (χ3n) is 17.0. The molecule has 3 amide bonds. The van der Waals surface area contributed by atoms with E-state index in [1.54, 1.807) is 71.1 Å². The molecule has 6 aliphatic heterocycles. The topological polar surface area (TPSA) is 277 Å². The number of hydrogen-bond acceptors (Lipinski definition) is 19. The van der Waals surface area contributed by atoms with Crippen molar-refractivity contribution in [3.05, 3.63) is 93.8 Å². The van der Waals surface area contributed by atoms with Crippen molar-refractivity contribution >= 4 is 52.5 Å². The third kappa shape index (κ3) is 13.4. The Morgan fingerprint density at radius 1 is 0.929 bits per heavy atom. The Balaban J connectivity index is 0.000000325. The van der Waals surface area contributed by atoms with Gasteiger partial charge < -0.3 is 69.5 Å². The van der Waals surface area contributed by atoms with Crippen LogP contribution >= 0.6 is 0 Å². The fraction of sp³-hybridized carbons (Fsp3) is 0.565. The number of amides is 3. The van der Waals surface area contributed by atoms with Crippen molar-refractivity contribution in [2.45, 2.75) is 131 Å². The number of Topliss-reactive ketones (excluding diaryl/α,β-unsaturated/α-hetero) is 2. The molecule has 6 heterocycles. The van der Waals surface area contributed by atoms with Crippen LogP contribution in [0.1, 0.15) is 114 Å². The van der Waals surface area contributed by atoms with E-state index in [1.807, 2.05) is 4.90 Å². The van der Waals surface area contributed by atoms with Gasteiger partial charge >= 0.3 is 17.8 Å².